The SMILES string of the molecule is CCC.CCC(C)C(C(CC(=O)N1CCCC1C(OC)C(C)C(=O)NC(C)C(O)C1=CCCC=C1)OC)N(C)C(=O)CNC(=O)C(NC)C(C)C. The molecule has 0 aromatic heterocycles. The fourth-order valence-corrected chi connectivity index (χ4v) is 7.07. The molecule has 1 fully saturated rings. The van der Waals surface area contributed by atoms with Crippen molar-refractivity contribution in [1.29, 1.82) is 0 Å². The summed E-state index contributed by atoms with van der Waals surface area (Å²) in [6.07, 6.45) is 9.26. The molecule has 0 aromatic rings. The summed E-state index contributed by atoms with van der Waals surface area (Å²) in [6.45, 7) is 16.1. The predicted molar refractivity (Wildman–Crippen MR) is 203 cm³/mol. The molecule has 2 aliphatic rings. The Morgan fingerprint density at radius 1 is 1.02 bits per heavy atom. The highest BCUT2D eigenvalue weighted by Gasteiger charge is 2.42. The summed E-state index contributed by atoms with van der Waals surface area (Å²) in [4.78, 5) is 56.7. The molecule has 2 rings (SSSR count). The van der Waals surface area contributed by atoms with Crippen molar-refractivity contribution in [1.82, 2.24) is 25.8 Å². The van der Waals surface area contributed by atoms with Gasteiger partial charge >= 0.3 is 0 Å². The Morgan fingerprint density at radius 3 is 2.18 bits per heavy atom. The second-order valence-electron chi connectivity index (χ2n) is 14.5. The average molecular weight is 722 g/mol. The number of hydrogen-bond donors (Lipinski definition) is 4. The highest BCUT2D eigenvalue weighted by Crippen LogP contribution is 2.29. The zero-order chi connectivity index (χ0) is 38.8. The van der Waals surface area contributed by atoms with Crippen LogP contribution >= 0.6 is 0 Å². The molecule has 1 aliphatic heterocycles. The van der Waals surface area contributed by atoms with E-state index in [0.717, 1.165) is 31.3 Å². The first-order valence-corrected chi connectivity index (χ1v) is 19.1. The van der Waals surface area contributed by atoms with Crippen molar-refractivity contribution in [3.63, 3.8) is 0 Å². The maximum atomic E-state index is 14.0. The Hall–Kier alpha value is -2.80. The largest absolute Gasteiger partial charge is 0.386 e. The van der Waals surface area contributed by atoms with E-state index in [-0.39, 0.29) is 54.5 Å². The smallest absolute Gasteiger partial charge is 0.242 e. The van der Waals surface area contributed by atoms with Gasteiger partial charge in [-0.2, -0.15) is 0 Å². The third-order valence-corrected chi connectivity index (χ3v) is 10.2. The van der Waals surface area contributed by atoms with Crippen LogP contribution in [-0.4, -0.2) is 122 Å². The lowest BCUT2D eigenvalue weighted by Gasteiger charge is -2.39. The first-order chi connectivity index (χ1) is 24.1. The summed E-state index contributed by atoms with van der Waals surface area (Å²) in [7, 11) is 6.52. The van der Waals surface area contributed by atoms with Gasteiger partial charge in [0.2, 0.25) is 23.6 Å². The summed E-state index contributed by atoms with van der Waals surface area (Å²) in [5, 5.41) is 19.5. The average Bonchev–Trinajstić information content (AvgIpc) is 3.60. The van der Waals surface area contributed by atoms with Gasteiger partial charge in [-0.25, -0.2) is 0 Å². The second kappa shape index (κ2) is 23.7. The molecule has 12 heteroatoms. The van der Waals surface area contributed by atoms with Gasteiger partial charge in [0.05, 0.1) is 61.4 Å². The van der Waals surface area contributed by atoms with Crippen LogP contribution in [0, 0.1) is 17.8 Å². The number of methoxy groups -OCH3 is 2. The van der Waals surface area contributed by atoms with Crippen LogP contribution in [0.25, 0.3) is 0 Å². The zero-order valence-electron chi connectivity index (χ0n) is 33.7. The monoisotopic (exact) mass is 722 g/mol. The van der Waals surface area contributed by atoms with Crippen molar-refractivity contribution in [3.8, 4) is 0 Å². The number of carbonyl (C=O) groups is 4. The number of aliphatic hydroxyl groups excluding tert-OH is 1. The van der Waals surface area contributed by atoms with Crippen LogP contribution in [-0.2, 0) is 28.7 Å². The number of rotatable bonds is 19. The minimum absolute atomic E-state index is 0.00939. The third-order valence-electron chi connectivity index (χ3n) is 10.2. The first-order valence-electron chi connectivity index (χ1n) is 19.1. The Labute approximate surface area is 308 Å². The summed E-state index contributed by atoms with van der Waals surface area (Å²) in [6, 6.07) is -1.64. The molecule has 51 heavy (non-hydrogen) atoms. The van der Waals surface area contributed by atoms with Crippen LogP contribution in [0.2, 0.25) is 0 Å². The molecule has 9 atom stereocenters. The lowest BCUT2D eigenvalue weighted by atomic mass is 9.90. The van der Waals surface area contributed by atoms with Crippen molar-refractivity contribution >= 4 is 23.6 Å². The number of hydrogen-bond acceptors (Lipinski definition) is 8. The van der Waals surface area contributed by atoms with E-state index in [9.17, 15) is 24.3 Å². The second-order valence-corrected chi connectivity index (χ2v) is 14.5. The molecule has 1 heterocycles. The summed E-state index contributed by atoms with van der Waals surface area (Å²) in [5.74, 6) is -1.40. The van der Waals surface area contributed by atoms with E-state index in [0.29, 0.717) is 13.0 Å². The van der Waals surface area contributed by atoms with Gasteiger partial charge in [-0.05, 0) is 57.1 Å². The van der Waals surface area contributed by atoms with Gasteiger partial charge < -0.3 is 40.3 Å². The fraction of sp³-hybridized carbons (Fsp3) is 0.795. The van der Waals surface area contributed by atoms with E-state index in [4.69, 9.17) is 9.47 Å². The number of nitrogens with zero attached hydrogens (tertiary/aromatic N) is 2. The molecule has 4 N–H and O–H groups in total. The number of likely N-dealkylation sites (tertiary alicyclic amines) is 1. The predicted octanol–water partition coefficient (Wildman–Crippen LogP) is 3.83. The number of amides is 4. The highest BCUT2D eigenvalue weighted by molar-refractivity contribution is 5.87. The van der Waals surface area contributed by atoms with Crippen molar-refractivity contribution < 1.29 is 33.8 Å². The molecule has 294 valence electrons. The van der Waals surface area contributed by atoms with Gasteiger partial charge in [0, 0.05) is 27.8 Å². The number of ether oxygens (including phenoxy) is 2. The highest BCUT2D eigenvalue weighted by atomic mass is 16.5. The maximum Gasteiger partial charge on any atom is 0.242 e. The molecule has 1 aliphatic carbocycles. The molecule has 4 amide bonds. The lowest BCUT2D eigenvalue weighted by molar-refractivity contribution is -0.146. The van der Waals surface area contributed by atoms with Crippen molar-refractivity contribution in [2.45, 2.75) is 143 Å². The summed E-state index contributed by atoms with van der Waals surface area (Å²) in [5.41, 5.74) is 0.798. The summed E-state index contributed by atoms with van der Waals surface area (Å²) >= 11 is 0. The zero-order valence-corrected chi connectivity index (χ0v) is 33.7. The third kappa shape index (κ3) is 13.6. The van der Waals surface area contributed by atoms with Crippen LogP contribution in [0.3, 0.4) is 0 Å². The van der Waals surface area contributed by atoms with E-state index in [2.05, 4.69) is 29.8 Å². The van der Waals surface area contributed by atoms with Crippen LogP contribution in [0.15, 0.2) is 23.8 Å². The van der Waals surface area contributed by atoms with Crippen molar-refractivity contribution in [2.75, 3.05) is 41.4 Å². The Balaban J connectivity index is 0.00000418. The number of allylic oxidation sites excluding steroid dienone is 2. The van der Waals surface area contributed by atoms with E-state index >= 15 is 0 Å². The van der Waals surface area contributed by atoms with Crippen LogP contribution in [0.5, 0.6) is 0 Å². The number of carbonyl (C=O) groups excluding carboxylic acids is 4. The number of nitrogens with one attached hydrogen (secondary N) is 3. The van der Waals surface area contributed by atoms with E-state index in [1.54, 1.807) is 52.0 Å². The molecule has 12 nitrogen and oxygen atoms in total. The minimum Gasteiger partial charge on any atom is -0.386 e. The van der Waals surface area contributed by atoms with Gasteiger partial charge in [-0.1, -0.05) is 79.5 Å². The van der Waals surface area contributed by atoms with E-state index < -0.39 is 42.4 Å². The van der Waals surface area contributed by atoms with Crippen LogP contribution in [0.1, 0.15) is 100 Å². The normalized spacial score (nSPS) is 20.5. The minimum atomic E-state index is -0.820. The fourth-order valence-electron chi connectivity index (χ4n) is 7.07. The van der Waals surface area contributed by atoms with E-state index in [1.807, 2.05) is 45.9 Å². The molecule has 0 saturated carbocycles. The topological polar surface area (TPSA) is 150 Å². The maximum absolute atomic E-state index is 14.0. The molecule has 0 spiro atoms. The number of likely N-dealkylation sites (N-methyl/N-ethyl adjacent to an activating group) is 2. The van der Waals surface area contributed by atoms with Crippen molar-refractivity contribution in [2.24, 2.45) is 17.8 Å². The van der Waals surface area contributed by atoms with Gasteiger partial charge in [-0.15, -0.1) is 0 Å². The molecule has 0 radical (unpaired) electrons. The molecule has 9 unspecified atom stereocenters. The molecular weight excluding hydrogens is 650 g/mol. The van der Waals surface area contributed by atoms with Crippen LogP contribution in [0.4, 0.5) is 0 Å². The molecular formula is C39H71N5O7. The number of aliphatic hydroxyl groups is 1. The van der Waals surface area contributed by atoms with Crippen molar-refractivity contribution in [3.05, 3.63) is 23.8 Å². The molecule has 0 aromatic carbocycles. The molecule has 0 bridgehead atoms. The standard InChI is InChI=1S/C36H63N5O7.C3H8/c1-11-23(4)32(40(8)30(43)21-38-36(46)31(37-7)22(2)3)28(47-9)20-29(42)41-19-15-18-27(41)34(48-10)24(5)35(45)39-25(6)33(44)26-16-13-12-14-17-26;1-3-2/h13,16-17,22-25,27-28,31-34,37,44H,11-12,14-15,18-21H2,1-10H3,(H,38,46)(H,39,45);3H2,1-2H3. The summed E-state index contributed by atoms with van der Waals surface area (Å²) < 4.78 is 11.8. The van der Waals surface area contributed by atoms with Gasteiger partial charge in [0.25, 0.3) is 0 Å². The quantitative estimate of drug-likeness (QED) is 0.157. The Bertz CT molecular complexity index is 1140. The lowest BCUT2D eigenvalue weighted by Crippen LogP contribution is -2.55. The Morgan fingerprint density at radius 2 is 1.67 bits per heavy atom. The Kier molecular flexibility index (Phi) is 21.5. The van der Waals surface area contributed by atoms with Gasteiger partial charge in [0.15, 0.2) is 0 Å². The van der Waals surface area contributed by atoms with Gasteiger partial charge in [-0.3, -0.25) is 19.2 Å². The van der Waals surface area contributed by atoms with E-state index in [1.165, 1.54) is 6.42 Å². The first kappa shape index (κ1) is 46.2. The van der Waals surface area contributed by atoms with Gasteiger partial charge in [0.1, 0.15) is 0 Å². The molecule has 1 saturated heterocycles. The van der Waals surface area contributed by atoms with Crippen LogP contribution < -0.4 is 16.0 Å².